The van der Waals surface area contributed by atoms with E-state index in [1.54, 1.807) is 37.2 Å². The molecule has 0 atom stereocenters. The maximum atomic E-state index is 12.0. The number of aromatic nitrogens is 1. The van der Waals surface area contributed by atoms with Gasteiger partial charge in [0.2, 0.25) is 10.8 Å². The van der Waals surface area contributed by atoms with Crippen molar-refractivity contribution in [1.29, 1.82) is 0 Å². The zero-order valence-electron chi connectivity index (χ0n) is 11.8. The molecule has 1 heterocycles. The van der Waals surface area contributed by atoms with Gasteiger partial charge in [-0.2, -0.15) is 0 Å². The minimum atomic E-state index is -1.31. The molecule has 1 aliphatic heterocycles. The van der Waals surface area contributed by atoms with E-state index in [4.69, 9.17) is 4.42 Å². The van der Waals surface area contributed by atoms with Gasteiger partial charge in [0.1, 0.15) is 5.35 Å². The Bertz CT molecular complexity index is 1080. The summed E-state index contributed by atoms with van der Waals surface area (Å²) in [6.45, 7) is 0. The Labute approximate surface area is 123 Å². The van der Waals surface area contributed by atoms with Crippen LogP contribution in [0.5, 0.6) is 0 Å². The highest BCUT2D eigenvalue weighted by Gasteiger charge is 2.15. The van der Waals surface area contributed by atoms with Crippen LogP contribution >= 0.6 is 0 Å². The van der Waals surface area contributed by atoms with Crippen LogP contribution in [0.25, 0.3) is 11.1 Å². The average molecular weight is 300 g/mol. The standard InChI is InChI=1S/C15H12N2O5/c1-17(2)9-5-3-4-8-13(9)22-14-11(16-8)7(15(20)21)6-10(18)12(14)19/h3-6,16H,1-2H3,(H,20,21). The lowest BCUT2D eigenvalue weighted by atomic mass is 10.2. The van der Waals surface area contributed by atoms with Gasteiger partial charge >= 0.3 is 5.97 Å². The first-order valence-electron chi connectivity index (χ1n) is 6.43. The van der Waals surface area contributed by atoms with Crippen LogP contribution in [0.3, 0.4) is 0 Å². The summed E-state index contributed by atoms with van der Waals surface area (Å²) in [5.74, 6) is -1.31. The molecule has 22 heavy (non-hydrogen) atoms. The number of anilines is 1. The van der Waals surface area contributed by atoms with Gasteiger partial charge in [0.15, 0.2) is 5.58 Å². The molecular weight excluding hydrogens is 288 g/mol. The van der Waals surface area contributed by atoms with Crippen LogP contribution in [0.2, 0.25) is 0 Å². The molecule has 1 aliphatic carbocycles. The molecule has 0 saturated carbocycles. The number of nitrogens with zero attached hydrogens (tertiary/aromatic N) is 1. The third-order valence-corrected chi connectivity index (χ3v) is 3.37. The number of rotatable bonds is 2. The average Bonchev–Trinajstić information content (AvgIpc) is 2.48. The van der Waals surface area contributed by atoms with Crippen molar-refractivity contribution in [3.8, 4) is 0 Å². The Morgan fingerprint density at radius 2 is 2.00 bits per heavy atom. The fraction of sp³-hybridized carbons (Fsp3) is 0.133. The largest absolute Gasteiger partial charge is 0.478 e. The Morgan fingerprint density at radius 3 is 2.64 bits per heavy atom. The smallest absolute Gasteiger partial charge is 0.338 e. The second-order valence-corrected chi connectivity index (χ2v) is 5.04. The van der Waals surface area contributed by atoms with Crippen LogP contribution in [0, 0.1) is 10.8 Å². The van der Waals surface area contributed by atoms with Gasteiger partial charge in [-0.25, -0.2) is 4.79 Å². The van der Waals surface area contributed by atoms with Crippen LogP contribution in [0.4, 0.5) is 5.69 Å². The third-order valence-electron chi connectivity index (χ3n) is 3.37. The minimum absolute atomic E-state index is 0.000469. The molecule has 7 nitrogen and oxygen atoms in total. The number of H-pyrrole nitrogens is 1. The highest BCUT2D eigenvalue weighted by molar-refractivity contribution is 5.89. The van der Waals surface area contributed by atoms with Gasteiger partial charge in [0.05, 0.1) is 16.8 Å². The van der Waals surface area contributed by atoms with E-state index in [-0.39, 0.29) is 16.3 Å². The van der Waals surface area contributed by atoms with Crippen LogP contribution in [0.15, 0.2) is 38.3 Å². The summed E-state index contributed by atoms with van der Waals surface area (Å²) < 4.78 is 5.59. The van der Waals surface area contributed by atoms with Crippen molar-refractivity contribution in [2.45, 2.75) is 0 Å². The van der Waals surface area contributed by atoms with Gasteiger partial charge in [-0.1, -0.05) is 6.07 Å². The van der Waals surface area contributed by atoms with Gasteiger partial charge in [-0.15, -0.1) is 0 Å². The van der Waals surface area contributed by atoms with E-state index >= 15 is 0 Å². The summed E-state index contributed by atoms with van der Waals surface area (Å²) in [4.78, 5) is 39.6. The molecule has 7 heteroatoms. The molecule has 1 aromatic rings. The maximum Gasteiger partial charge on any atom is 0.338 e. The molecule has 0 aromatic heterocycles. The van der Waals surface area contributed by atoms with E-state index in [1.165, 1.54) is 0 Å². The maximum absolute atomic E-state index is 12.0. The summed E-state index contributed by atoms with van der Waals surface area (Å²) in [5.41, 5.74) is -0.760. The Balaban J connectivity index is 2.64. The van der Waals surface area contributed by atoms with E-state index in [0.29, 0.717) is 16.8 Å². The first kappa shape index (κ1) is 13.9. The quantitative estimate of drug-likeness (QED) is 0.683. The first-order chi connectivity index (χ1) is 10.4. The lowest BCUT2D eigenvalue weighted by molar-refractivity contribution is 0.0695. The highest BCUT2D eigenvalue weighted by atomic mass is 16.4. The molecule has 0 fully saturated rings. The lowest BCUT2D eigenvalue weighted by Crippen LogP contribution is -2.26. The van der Waals surface area contributed by atoms with Gasteiger partial charge in [0.25, 0.3) is 5.43 Å². The summed E-state index contributed by atoms with van der Waals surface area (Å²) in [7, 11) is 3.61. The van der Waals surface area contributed by atoms with Crippen LogP contribution in [-0.4, -0.2) is 30.2 Å². The van der Waals surface area contributed by atoms with Crippen LogP contribution in [0.1, 0.15) is 10.4 Å². The zero-order chi connectivity index (χ0) is 16.0. The Morgan fingerprint density at radius 1 is 1.27 bits per heavy atom. The van der Waals surface area contributed by atoms with Crippen molar-refractivity contribution in [3.63, 3.8) is 0 Å². The van der Waals surface area contributed by atoms with E-state index < -0.39 is 16.8 Å². The van der Waals surface area contributed by atoms with Crippen LogP contribution < -0.4 is 15.8 Å². The van der Waals surface area contributed by atoms with Crippen molar-refractivity contribution in [2.24, 2.45) is 0 Å². The van der Waals surface area contributed by atoms with Gasteiger partial charge < -0.3 is 19.4 Å². The number of para-hydroxylation sites is 1. The first-order valence-corrected chi connectivity index (χ1v) is 6.43. The second-order valence-electron chi connectivity index (χ2n) is 5.04. The summed E-state index contributed by atoms with van der Waals surface area (Å²) in [5, 5.41) is 9.20. The Kier molecular flexibility index (Phi) is 2.98. The van der Waals surface area contributed by atoms with Crippen molar-refractivity contribution < 1.29 is 14.3 Å². The molecule has 112 valence electrons. The second kappa shape index (κ2) is 4.73. The molecule has 1 aromatic carbocycles. The minimum Gasteiger partial charge on any atom is -0.478 e. The number of benzene rings is 1. The molecular formula is C15H12N2O5. The molecule has 0 radical (unpaired) electrons. The number of aromatic carboxylic acids is 1. The third kappa shape index (κ3) is 1.95. The number of carboxylic acids is 1. The van der Waals surface area contributed by atoms with Crippen LogP contribution in [-0.2, 0) is 0 Å². The highest BCUT2D eigenvalue weighted by Crippen LogP contribution is 2.24. The molecule has 0 saturated heterocycles. The predicted octanol–water partition coefficient (Wildman–Crippen LogP) is 0.970. The SMILES string of the molecule is CN(C)c1cccc2[nH]c3c(C(=O)O)cc(=O)c(=O)c=3oc12. The number of hydrogen-bond donors (Lipinski definition) is 2. The van der Waals surface area contributed by atoms with Crippen molar-refractivity contribution in [2.75, 3.05) is 19.0 Å². The van der Waals surface area contributed by atoms with Gasteiger partial charge in [-0.3, -0.25) is 9.59 Å². The molecule has 0 bridgehead atoms. The van der Waals surface area contributed by atoms with Crippen molar-refractivity contribution in [3.05, 3.63) is 61.0 Å². The Hall–Kier alpha value is -3.09. The molecule has 0 amide bonds. The zero-order valence-corrected chi connectivity index (χ0v) is 11.8. The number of nitrogens with one attached hydrogen (secondary N) is 1. The fourth-order valence-corrected chi connectivity index (χ4v) is 2.33. The summed E-state index contributed by atoms with van der Waals surface area (Å²) >= 11 is 0. The predicted molar refractivity (Wildman–Crippen MR) is 79.7 cm³/mol. The topological polar surface area (TPSA) is 104 Å². The number of aromatic amines is 1. The van der Waals surface area contributed by atoms with E-state index in [0.717, 1.165) is 6.07 Å². The molecule has 3 rings (SSSR count). The fourth-order valence-electron chi connectivity index (χ4n) is 2.33. The normalized spacial score (nSPS) is 11.0. The number of hydrogen-bond acceptors (Lipinski definition) is 5. The van der Waals surface area contributed by atoms with Crippen molar-refractivity contribution >= 4 is 22.8 Å². The summed E-state index contributed by atoms with van der Waals surface area (Å²) in [6, 6.07) is 6.07. The molecule has 2 N–H and O–H groups in total. The molecule has 0 spiro atoms. The lowest BCUT2D eigenvalue weighted by Gasteiger charge is -2.14. The van der Waals surface area contributed by atoms with Crippen molar-refractivity contribution in [1.82, 2.24) is 4.98 Å². The van der Waals surface area contributed by atoms with Gasteiger partial charge in [-0.05, 0) is 12.1 Å². The number of fused-ring (bicyclic) bond motifs is 1. The van der Waals surface area contributed by atoms with E-state index in [1.807, 2.05) is 0 Å². The van der Waals surface area contributed by atoms with E-state index in [2.05, 4.69) is 4.98 Å². The number of carbonyl (C=O) groups is 1. The molecule has 0 unspecified atom stereocenters. The van der Waals surface area contributed by atoms with Gasteiger partial charge in [0, 0.05) is 20.2 Å². The summed E-state index contributed by atoms with van der Waals surface area (Å²) in [6.07, 6.45) is 0. The molecule has 2 aliphatic rings. The number of carboxylic acid groups (broad SMARTS) is 1. The van der Waals surface area contributed by atoms with E-state index in [9.17, 15) is 19.5 Å². The monoisotopic (exact) mass is 300 g/mol.